The van der Waals surface area contributed by atoms with E-state index in [1.165, 1.54) is 12.3 Å². The molecule has 0 unspecified atom stereocenters. The summed E-state index contributed by atoms with van der Waals surface area (Å²) in [5.74, 6) is 0.556. The highest BCUT2D eigenvalue weighted by Crippen LogP contribution is 2.25. The number of hydrazone groups is 1. The van der Waals surface area contributed by atoms with Gasteiger partial charge in [0.1, 0.15) is 5.75 Å². The molecule has 4 N–H and O–H groups in total. The Kier molecular flexibility index (Phi) is 4.35. The SMILES string of the molecule is COc1ccc(-c2ccc(O)c(C=NNC(N)=O)c2)cn1. The molecule has 7 heteroatoms. The molecule has 0 radical (unpaired) electrons. The van der Waals surface area contributed by atoms with E-state index in [-0.39, 0.29) is 5.75 Å². The lowest BCUT2D eigenvalue weighted by Gasteiger charge is -2.05. The molecular weight excluding hydrogens is 272 g/mol. The number of phenols is 1. The number of hydrogen-bond donors (Lipinski definition) is 3. The van der Waals surface area contributed by atoms with Crippen LogP contribution in [-0.4, -0.2) is 29.4 Å². The van der Waals surface area contributed by atoms with Crippen molar-refractivity contribution in [3.63, 3.8) is 0 Å². The lowest BCUT2D eigenvalue weighted by atomic mass is 10.0. The van der Waals surface area contributed by atoms with Gasteiger partial charge in [-0.3, -0.25) is 0 Å². The number of rotatable bonds is 4. The van der Waals surface area contributed by atoms with Crippen LogP contribution in [-0.2, 0) is 0 Å². The number of benzene rings is 1. The Morgan fingerprint density at radius 1 is 1.38 bits per heavy atom. The Hall–Kier alpha value is -3.09. The van der Waals surface area contributed by atoms with Crippen LogP contribution in [0.1, 0.15) is 5.56 Å². The molecule has 1 aromatic carbocycles. The maximum absolute atomic E-state index is 10.5. The van der Waals surface area contributed by atoms with Gasteiger partial charge in [-0.15, -0.1) is 0 Å². The molecule has 0 aliphatic heterocycles. The van der Waals surface area contributed by atoms with Gasteiger partial charge in [0.25, 0.3) is 0 Å². The Morgan fingerprint density at radius 2 is 2.14 bits per heavy atom. The average molecular weight is 286 g/mol. The molecule has 0 bridgehead atoms. The molecule has 0 aliphatic carbocycles. The van der Waals surface area contributed by atoms with Crippen molar-refractivity contribution in [1.82, 2.24) is 10.4 Å². The van der Waals surface area contributed by atoms with Crippen LogP contribution >= 0.6 is 0 Å². The van der Waals surface area contributed by atoms with Crippen molar-refractivity contribution in [2.45, 2.75) is 0 Å². The van der Waals surface area contributed by atoms with Crippen molar-refractivity contribution in [2.75, 3.05) is 7.11 Å². The Bertz CT molecular complexity index is 668. The molecule has 0 spiro atoms. The number of aromatic hydroxyl groups is 1. The maximum atomic E-state index is 10.5. The quantitative estimate of drug-likeness (QED) is 0.583. The van der Waals surface area contributed by atoms with Crippen LogP contribution in [0.5, 0.6) is 11.6 Å². The highest BCUT2D eigenvalue weighted by molar-refractivity contribution is 5.87. The minimum atomic E-state index is -0.777. The van der Waals surface area contributed by atoms with Crippen molar-refractivity contribution in [3.8, 4) is 22.8 Å². The van der Waals surface area contributed by atoms with Gasteiger partial charge in [0.05, 0.1) is 13.3 Å². The lowest BCUT2D eigenvalue weighted by molar-refractivity contribution is 0.249. The summed E-state index contributed by atoms with van der Waals surface area (Å²) in [6.45, 7) is 0. The van der Waals surface area contributed by atoms with Gasteiger partial charge in [-0.2, -0.15) is 5.10 Å². The molecule has 0 fully saturated rings. The molecule has 0 saturated heterocycles. The summed E-state index contributed by atoms with van der Waals surface area (Å²) in [6.07, 6.45) is 2.97. The highest BCUT2D eigenvalue weighted by atomic mass is 16.5. The predicted molar refractivity (Wildman–Crippen MR) is 78.2 cm³/mol. The number of methoxy groups -OCH3 is 1. The number of urea groups is 1. The number of aromatic nitrogens is 1. The minimum Gasteiger partial charge on any atom is -0.507 e. The third-order valence-corrected chi connectivity index (χ3v) is 2.68. The van der Waals surface area contributed by atoms with Crippen LogP contribution in [0.2, 0.25) is 0 Å². The van der Waals surface area contributed by atoms with Gasteiger partial charge in [-0.25, -0.2) is 15.2 Å². The molecule has 21 heavy (non-hydrogen) atoms. The highest BCUT2D eigenvalue weighted by Gasteiger charge is 2.04. The van der Waals surface area contributed by atoms with Gasteiger partial charge in [0, 0.05) is 23.4 Å². The Labute approximate surface area is 121 Å². The molecule has 0 atom stereocenters. The van der Waals surface area contributed by atoms with E-state index in [0.717, 1.165) is 11.1 Å². The van der Waals surface area contributed by atoms with Crippen molar-refractivity contribution in [1.29, 1.82) is 0 Å². The van der Waals surface area contributed by atoms with Gasteiger partial charge >= 0.3 is 6.03 Å². The van der Waals surface area contributed by atoms with Crippen molar-refractivity contribution < 1.29 is 14.6 Å². The van der Waals surface area contributed by atoms with E-state index in [2.05, 4.69) is 15.5 Å². The van der Waals surface area contributed by atoms with Crippen molar-refractivity contribution >= 4 is 12.2 Å². The van der Waals surface area contributed by atoms with Crippen LogP contribution < -0.4 is 15.9 Å². The molecule has 1 heterocycles. The van der Waals surface area contributed by atoms with Crippen molar-refractivity contribution in [2.24, 2.45) is 10.8 Å². The number of primary amides is 1. The number of phenolic OH excluding ortho intramolecular Hbond substituents is 1. The summed E-state index contributed by atoms with van der Waals surface area (Å²) in [4.78, 5) is 14.7. The zero-order valence-corrected chi connectivity index (χ0v) is 11.3. The number of pyridine rings is 1. The topological polar surface area (TPSA) is 110 Å². The van der Waals surface area contributed by atoms with Gasteiger partial charge in [-0.05, 0) is 23.8 Å². The second-order valence-corrected chi connectivity index (χ2v) is 4.10. The summed E-state index contributed by atoms with van der Waals surface area (Å²) in [6, 6.07) is 7.81. The summed E-state index contributed by atoms with van der Waals surface area (Å²) in [5, 5.41) is 13.4. The summed E-state index contributed by atoms with van der Waals surface area (Å²) in [7, 11) is 1.54. The minimum absolute atomic E-state index is 0.0373. The van der Waals surface area contributed by atoms with Gasteiger partial charge in [-0.1, -0.05) is 6.07 Å². The molecule has 2 rings (SSSR count). The molecular formula is C14H14N4O3. The Balaban J connectivity index is 2.28. The molecule has 1 aromatic heterocycles. The first-order chi connectivity index (χ1) is 10.1. The first kappa shape index (κ1) is 14.3. The zero-order chi connectivity index (χ0) is 15.2. The Morgan fingerprint density at radius 3 is 2.76 bits per heavy atom. The lowest BCUT2D eigenvalue weighted by Crippen LogP contribution is -2.24. The first-order valence-corrected chi connectivity index (χ1v) is 6.02. The van der Waals surface area contributed by atoms with Gasteiger partial charge in [0.2, 0.25) is 5.88 Å². The number of nitrogens with one attached hydrogen (secondary N) is 1. The fraction of sp³-hybridized carbons (Fsp3) is 0.0714. The number of ether oxygens (including phenoxy) is 1. The molecule has 0 saturated carbocycles. The summed E-state index contributed by atoms with van der Waals surface area (Å²) in [5.41, 5.74) is 9.09. The van der Waals surface area contributed by atoms with Gasteiger partial charge < -0.3 is 15.6 Å². The largest absolute Gasteiger partial charge is 0.507 e. The molecule has 2 aromatic rings. The summed E-state index contributed by atoms with van der Waals surface area (Å²) < 4.78 is 5.00. The number of carbonyl (C=O) groups excluding carboxylic acids is 1. The smallest absolute Gasteiger partial charge is 0.332 e. The maximum Gasteiger partial charge on any atom is 0.332 e. The number of amides is 2. The first-order valence-electron chi connectivity index (χ1n) is 6.02. The molecule has 7 nitrogen and oxygen atoms in total. The fourth-order valence-electron chi connectivity index (χ4n) is 1.67. The number of carbonyl (C=O) groups is 1. The van der Waals surface area contributed by atoms with Crippen LogP contribution in [0.4, 0.5) is 4.79 Å². The molecule has 108 valence electrons. The number of hydrogen-bond acceptors (Lipinski definition) is 5. The van der Waals surface area contributed by atoms with Crippen LogP contribution in [0.3, 0.4) is 0 Å². The van der Waals surface area contributed by atoms with Crippen molar-refractivity contribution in [3.05, 3.63) is 42.1 Å². The van der Waals surface area contributed by atoms with Crippen LogP contribution in [0, 0.1) is 0 Å². The number of nitrogens with zero attached hydrogens (tertiary/aromatic N) is 2. The van der Waals surface area contributed by atoms with E-state index in [0.29, 0.717) is 11.4 Å². The molecule has 2 amide bonds. The normalized spacial score (nSPS) is 10.5. The fourth-order valence-corrected chi connectivity index (χ4v) is 1.67. The standard InChI is InChI=1S/C14H14N4O3/c1-21-13-5-3-10(7-16-13)9-2-4-12(19)11(6-9)8-17-18-14(15)20/h2-8,19H,1H3,(H3,15,18,20). The third kappa shape index (κ3) is 3.69. The number of nitrogens with two attached hydrogens (primary N) is 1. The third-order valence-electron chi connectivity index (χ3n) is 2.68. The van der Waals surface area contributed by atoms with E-state index in [1.807, 2.05) is 6.07 Å². The summed E-state index contributed by atoms with van der Waals surface area (Å²) >= 11 is 0. The monoisotopic (exact) mass is 286 g/mol. The van der Waals surface area contributed by atoms with Crippen LogP contribution in [0.15, 0.2) is 41.6 Å². The molecule has 0 aliphatic rings. The van der Waals surface area contributed by atoms with Gasteiger partial charge in [0.15, 0.2) is 0 Å². The second kappa shape index (κ2) is 6.38. The van der Waals surface area contributed by atoms with E-state index >= 15 is 0 Å². The van der Waals surface area contributed by atoms with E-state index in [1.54, 1.807) is 31.5 Å². The zero-order valence-electron chi connectivity index (χ0n) is 11.3. The average Bonchev–Trinajstić information content (AvgIpc) is 2.49. The predicted octanol–water partition coefficient (Wildman–Crippen LogP) is 1.46. The van der Waals surface area contributed by atoms with E-state index in [9.17, 15) is 9.90 Å². The van der Waals surface area contributed by atoms with E-state index in [4.69, 9.17) is 10.5 Å². The second-order valence-electron chi connectivity index (χ2n) is 4.10. The van der Waals surface area contributed by atoms with Crippen LogP contribution in [0.25, 0.3) is 11.1 Å². The van der Waals surface area contributed by atoms with E-state index < -0.39 is 6.03 Å².